The van der Waals surface area contributed by atoms with Crippen molar-refractivity contribution >= 4 is 6.29 Å². The molecule has 1 N–H and O–H groups in total. The van der Waals surface area contributed by atoms with E-state index in [0.717, 1.165) is 24.7 Å². The highest BCUT2D eigenvalue weighted by Crippen LogP contribution is 2.47. The minimum Gasteiger partial charge on any atom is -0.395 e. The average molecular weight is 176 g/mol. The Balaban J connectivity index is 2.35. The number of aldehydes is 1. The lowest BCUT2D eigenvalue weighted by Gasteiger charge is -2.11. The number of benzene rings is 1. The van der Waals surface area contributed by atoms with Crippen LogP contribution < -0.4 is 0 Å². The number of aliphatic hydroxyl groups excluding tert-OH is 1. The van der Waals surface area contributed by atoms with Gasteiger partial charge >= 0.3 is 0 Å². The predicted octanol–water partition coefficient (Wildman–Crippen LogP) is 1.52. The summed E-state index contributed by atoms with van der Waals surface area (Å²) in [6, 6.07) is 7.51. The molecule has 0 aliphatic heterocycles. The highest BCUT2D eigenvalue weighted by Gasteiger charge is 2.43. The summed E-state index contributed by atoms with van der Waals surface area (Å²) in [6.45, 7) is 0.190. The monoisotopic (exact) mass is 176 g/mol. The van der Waals surface area contributed by atoms with Crippen LogP contribution in [0.1, 0.15) is 28.8 Å². The van der Waals surface area contributed by atoms with Crippen molar-refractivity contribution in [1.29, 1.82) is 0 Å². The van der Waals surface area contributed by atoms with Crippen LogP contribution in [0.25, 0.3) is 0 Å². The average Bonchev–Trinajstić information content (AvgIpc) is 2.99. The smallest absolute Gasteiger partial charge is 0.150 e. The minimum absolute atomic E-state index is 0.0287. The van der Waals surface area contributed by atoms with E-state index < -0.39 is 0 Å². The maximum Gasteiger partial charge on any atom is 0.150 e. The highest BCUT2D eigenvalue weighted by molar-refractivity contribution is 5.75. The van der Waals surface area contributed by atoms with Crippen molar-refractivity contribution in [1.82, 2.24) is 0 Å². The molecular formula is C11H12O2. The molecule has 68 valence electrons. The van der Waals surface area contributed by atoms with Crippen molar-refractivity contribution in [3.8, 4) is 0 Å². The Morgan fingerprint density at radius 1 is 1.46 bits per heavy atom. The number of rotatable bonds is 3. The summed E-state index contributed by atoms with van der Waals surface area (Å²) in [5.41, 5.74) is 1.76. The second-order valence-electron chi connectivity index (χ2n) is 3.68. The standard InChI is InChI=1S/C11H12O2/c12-7-9-2-1-3-10(6-9)11(8-13)4-5-11/h1-3,6-7,13H,4-5,8H2. The van der Waals surface area contributed by atoms with Gasteiger partial charge in [0.05, 0.1) is 6.61 Å². The van der Waals surface area contributed by atoms with Crippen LogP contribution in [0.15, 0.2) is 24.3 Å². The Morgan fingerprint density at radius 2 is 2.23 bits per heavy atom. The van der Waals surface area contributed by atoms with Gasteiger partial charge in [-0.15, -0.1) is 0 Å². The molecular weight excluding hydrogens is 164 g/mol. The van der Waals surface area contributed by atoms with Crippen molar-refractivity contribution in [3.63, 3.8) is 0 Å². The fraction of sp³-hybridized carbons (Fsp3) is 0.364. The first-order valence-electron chi connectivity index (χ1n) is 4.47. The number of hydrogen-bond donors (Lipinski definition) is 1. The maximum atomic E-state index is 10.5. The molecule has 0 bridgehead atoms. The second-order valence-corrected chi connectivity index (χ2v) is 3.68. The molecule has 0 aromatic heterocycles. The summed E-state index contributed by atoms with van der Waals surface area (Å²) in [4.78, 5) is 10.5. The van der Waals surface area contributed by atoms with Gasteiger partial charge in [0.15, 0.2) is 0 Å². The van der Waals surface area contributed by atoms with Gasteiger partial charge in [-0.2, -0.15) is 0 Å². The molecule has 1 saturated carbocycles. The molecule has 2 nitrogen and oxygen atoms in total. The molecule has 1 aliphatic carbocycles. The van der Waals surface area contributed by atoms with E-state index in [1.165, 1.54) is 0 Å². The van der Waals surface area contributed by atoms with Crippen LogP contribution in [-0.2, 0) is 5.41 Å². The first-order chi connectivity index (χ1) is 6.30. The number of aliphatic hydroxyl groups is 1. The van der Waals surface area contributed by atoms with E-state index in [-0.39, 0.29) is 12.0 Å². The fourth-order valence-electron chi connectivity index (χ4n) is 1.63. The summed E-state index contributed by atoms with van der Waals surface area (Å²) < 4.78 is 0. The molecule has 0 saturated heterocycles. The number of carbonyl (C=O) groups is 1. The van der Waals surface area contributed by atoms with Crippen LogP contribution in [-0.4, -0.2) is 18.0 Å². The van der Waals surface area contributed by atoms with Crippen molar-refractivity contribution < 1.29 is 9.90 Å². The zero-order valence-electron chi connectivity index (χ0n) is 7.36. The van der Waals surface area contributed by atoms with E-state index >= 15 is 0 Å². The van der Waals surface area contributed by atoms with Gasteiger partial charge < -0.3 is 5.11 Å². The van der Waals surface area contributed by atoms with Gasteiger partial charge in [-0.05, 0) is 24.5 Å². The fourth-order valence-corrected chi connectivity index (χ4v) is 1.63. The van der Waals surface area contributed by atoms with Crippen molar-refractivity contribution in [2.24, 2.45) is 0 Å². The molecule has 0 amide bonds. The SMILES string of the molecule is O=Cc1cccc(C2(CO)CC2)c1. The molecule has 0 unspecified atom stereocenters. The van der Waals surface area contributed by atoms with Gasteiger partial charge in [-0.25, -0.2) is 0 Å². The zero-order valence-corrected chi connectivity index (χ0v) is 7.36. The van der Waals surface area contributed by atoms with Gasteiger partial charge in [0.1, 0.15) is 6.29 Å². The third kappa shape index (κ3) is 1.38. The Labute approximate surface area is 77.2 Å². The second kappa shape index (κ2) is 2.96. The first kappa shape index (κ1) is 8.45. The van der Waals surface area contributed by atoms with Crippen LogP contribution >= 0.6 is 0 Å². The molecule has 1 fully saturated rings. The van der Waals surface area contributed by atoms with Gasteiger partial charge in [-0.3, -0.25) is 4.79 Å². The van der Waals surface area contributed by atoms with E-state index in [4.69, 9.17) is 0 Å². The predicted molar refractivity (Wildman–Crippen MR) is 49.8 cm³/mol. The lowest BCUT2D eigenvalue weighted by Crippen LogP contribution is -2.11. The lowest BCUT2D eigenvalue weighted by atomic mass is 9.95. The Morgan fingerprint density at radius 3 is 2.77 bits per heavy atom. The topological polar surface area (TPSA) is 37.3 Å². The van der Waals surface area contributed by atoms with Gasteiger partial charge in [0.2, 0.25) is 0 Å². The molecule has 13 heavy (non-hydrogen) atoms. The molecule has 0 radical (unpaired) electrons. The van der Waals surface area contributed by atoms with Crippen LogP contribution in [0.4, 0.5) is 0 Å². The number of hydrogen-bond acceptors (Lipinski definition) is 2. The Bertz CT molecular complexity index is 327. The summed E-state index contributed by atoms with van der Waals surface area (Å²) in [6.07, 6.45) is 2.91. The Kier molecular flexibility index (Phi) is 1.93. The Hall–Kier alpha value is -1.15. The molecule has 1 aliphatic rings. The molecule has 1 aromatic rings. The molecule has 0 spiro atoms. The molecule has 0 heterocycles. The van der Waals surface area contributed by atoms with E-state index in [9.17, 15) is 9.90 Å². The van der Waals surface area contributed by atoms with Crippen LogP contribution in [0.2, 0.25) is 0 Å². The van der Waals surface area contributed by atoms with E-state index in [2.05, 4.69) is 0 Å². The molecule has 2 rings (SSSR count). The minimum atomic E-state index is -0.0287. The molecule has 1 aromatic carbocycles. The quantitative estimate of drug-likeness (QED) is 0.709. The first-order valence-corrected chi connectivity index (χ1v) is 4.47. The summed E-state index contributed by atoms with van der Waals surface area (Å²) in [5, 5.41) is 9.19. The molecule has 0 atom stereocenters. The van der Waals surface area contributed by atoms with E-state index in [1.54, 1.807) is 6.07 Å². The van der Waals surface area contributed by atoms with E-state index in [0.29, 0.717) is 5.56 Å². The van der Waals surface area contributed by atoms with Crippen molar-refractivity contribution in [2.75, 3.05) is 6.61 Å². The largest absolute Gasteiger partial charge is 0.395 e. The summed E-state index contributed by atoms with van der Waals surface area (Å²) in [7, 11) is 0. The number of carbonyl (C=O) groups excluding carboxylic acids is 1. The third-order valence-corrected chi connectivity index (χ3v) is 2.79. The summed E-state index contributed by atoms with van der Waals surface area (Å²) in [5.74, 6) is 0. The van der Waals surface area contributed by atoms with Crippen molar-refractivity contribution in [3.05, 3.63) is 35.4 Å². The zero-order chi connectivity index (χ0) is 9.31. The van der Waals surface area contributed by atoms with Crippen LogP contribution in [0, 0.1) is 0 Å². The molecule has 2 heteroatoms. The normalized spacial score (nSPS) is 18.2. The van der Waals surface area contributed by atoms with Gasteiger partial charge in [0, 0.05) is 11.0 Å². The van der Waals surface area contributed by atoms with E-state index in [1.807, 2.05) is 18.2 Å². The maximum absolute atomic E-state index is 10.5. The van der Waals surface area contributed by atoms with Gasteiger partial charge in [-0.1, -0.05) is 18.2 Å². The highest BCUT2D eigenvalue weighted by atomic mass is 16.3. The lowest BCUT2D eigenvalue weighted by molar-refractivity contribution is 0.112. The van der Waals surface area contributed by atoms with Gasteiger partial charge in [0.25, 0.3) is 0 Å². The summed E-state index contributed by atoms with van der Waals surface area (Å²) >= 11 is 0. The van der Waals surface area contributed by atoms with Crippen molar-refractivity contribution in [2.45, 2.75) is 18.3 Å². The van der Waals surface area contributed by atoms with Crippen LogP contribution in [0.3, 0.4) is 0 Å². The third-order valence-electron chi connectivity index (χ3n) is 2.79. The van der Waals surface area contributed by atoms with Crippen LogP contribution in [0.5, 0.6) is 0 Å².